The Balaban J connectivity index is 0.000000443. The van der Waals surface area contributed by atoms with Crippen LogP contribution in [0.4, 0.5) is 0 Å². The summed E-state index contributed by atoms with van der Waals surface area (Å²) in [6.07, 6.45) is 0. The van der Waals surface area contributed by atoms with Crippen LogP contribution in [0.25, 0.3) is 0 Å². The van der Waals surface area contributed by atoms with Gasteiger partial charge in [-0.05, 0) is 24.3 Å². The van der Waals surface area contributed by atoms with Gasteiger partial charge in [0.2, 0.25) is 0 Å². The maximum Gasteiger partial charge on any atom is 2.00 e. The summed E-state index contributed by atoms with van der Waals surface area (Å²) in [6.45, 7) is 0. The zero-order chi connectivity index (χ0) is 18.6. The van der Waals surface area contributed by atoms with Crippen molar-refractivity contribution < 1.29 is 50.4 Å². The van der Waals surface area contributed by atoms with Gasteiger partial charge in [0.1, 0.15) is 0 Å². The molecule has 6 N–H and O–H groups in total. The molecule has 25 heavy (non-hydrogen) atoms. The number of hydrogen-bond donors (Lipinski definition) is 6. The third kappa shape index (κ3) is 5.95. The van der Waals surface area contributed by atoms with Gasteiger partial charge in [0, 0.05) is 11.1 Å². The van der Waals surface area contributed by atoms with Gasteiger partial charge < -0.3 is 50.4 Å². The molecule has 0 unspecified atom stereocenters. The molecule has 0 atom stereocenters. The number of carboxylic acid groups (broad SMARTS) is 2. The average Bonchev–Trinajstić information content (AvgIpc) is 2.49. The Morgan fingerprint density at radius 3 is 0.960 bits per heavy atom. The second-order valence-electron chi connectivity index (χ2n) is 4.30. The van der Waals surface area contributed by atoms with E-state index in [-0.39, 0.29) is 48.9 Å². The fourth-order valence-corrected chi connectivity index (χ4v) is 1.44. The fourth-order valence-electron chi connectivity index (χ4n) is 1.44. The van der Waals surface area contributed by atoms with Gasteiger partial charge in [-0.25, -0.2) is 0 Å². The number of carbonyl (C=O) groups is 2. The summed E-state index contributed by atoms with van der Waals surface area (Å²) in [5.74, 6) is -7.38. The second-order valence-corrected chi connectivity index (χ2v) is 4.30. The monoisotopic (exact) mass is 476 g/mol. The van der Waals surface area contributed by atoms with E-state index in [0.29, 0.717) is 0 Å². The third-order valence-electron chi connectivity index (χ3n) is 2.61. The number of carboxylic acids is 2. The van der Waals surface area contributed by atoms with Crippen molar-refractivity contribution in [2.45, 2.75) is 0 Å². The number of rotatable bonds is 2. The molecule has 11 heteroatoms. The van der Waals surface area contributed by atoms with Crippen molar-refractivity contribution >= 4 is 60.8 Å². The van der Waals surface area contributed by atoms with E-state index in [1.807, 2.05) is 0 Å². The van der Waals surface area contributed by atoms with E-state index in [9.17, 15) is 19.8 Å². The molecule has 0 aliphatic rings. The molecule has 2 aromatic carbocycles. The molecule has 0 aliphatic carbocycles. The predicted octanol–water partition coefficient (Wildman–Crippen LogP) is -2.05. The van der Waals surface area contributed by atoms with E-state index in [1.165, 1.54) is 0 Å². The van der Waals surface area contributed by atoms with Gasteiger partial charge in [0.25, 0.3) is 0 Å². The van der Waals surface area contributed by atoms with Crippen LogP contribution in [-0.4, -0.2) is 91.5 Å². The van der Waals surface area contributed by atoms with Crippen LogP contribution in [0, 0.1) is 0 Å². The molecule has 0 bridgehead atoms. The molecule has 0 saturated carbocycles. The molecule has 0 heterocycles. The number of carbonyl (C=O) groups excluding carboxylic acids is 2. The van der Waals surface area contributed by atoms with Crippen LogP contribution in [0.15, 0.2) is 24.3 Å². The molecule has 0 aromatic heterocycles. The van der Waals surface area contributed by atoms with E-state index >= 15 is 0 Å². The summed E-state index contributed by atoms with van der Waals surface area (Å²) in [4.78, 5) is 20.4. The normalized spacial score (nSPS) is 9.28. The third-order valence-corrected chi connectivity index (χ3v) is 2.61. The molecule has 2 aromatic rings. The summed E-state index contributed by atoms with van der Waals surface area (Å²) >= 11 is 0. The Morgan fingerprint density at radius 1 is 0.600 bits per heavy atom. The molecule has 0 fully saturated rings. The van der Waals surface area contributed by atoms with Crippen molar-refractivity contribution in [2.75, 3.05) is 0 Å². The molecule has 0 aliphatic heterocycles. The largest absolute Gasteiger partial charge is 2.00 e. The number of phenols is 6. The van der Waals surface area contributed by atoms with Crippen LogP contribution in [0.5, 0.6) is 34.5 Å². The van der Waals surface area contributed by atoms with Crippen molar-refractivity contribution in [1.82, 2.24) is 0 Å². The standard InChI is InChI=1S/2C7H6O5.Ba/c2*8-4-1-3(7(11)12)2-5(9)6(4)10;/h2*1-2,8-10H,(H,11,12);/q;;+2/p-2. The van der Waals surface area contributed by atoms with Gasteiger partial charge in [-0.1, -0.05) is 0 Å². The van der Waals surface area contributed by atoms with Gasteiger partial charge in [-0.15, -0.1) is 0 Å². The smallest absolute Gasteiger partial charge is 0.545 e. The Bertz CT molecular complexity index is 689. The number of aromatic hydroxyl groups is 6. The molecule has 0 saturated heterocycles. The Kier molecular flexibility index (Phi) is 8.46. The molecule has 2 rings (SSSR count). The van der Waals surface area contributed by atoms with Crippen LogP contribution < -0.4 is 10.2 Å². The van der Waals surface area contributed by atoms with Crippen LogP contribution >= 0.6 is 0 Å². The van der Waals surface area contributed by atoms with Crippen LogP contribution in [0.1, 0.15) is 20.7 Å². The van der Waals surface area contributed by atoms with E-state index in [2.05, 4.69) is 0 Å². The molecule has 0 spiro atoms. The number of benzene rings is 2. The molecule has 0 amide bonds. The van der Waals surface area contributed by atoms with E-state index in [1.54, 1.807) is 0 Å². The van der Waals surface area contributed by atoms with Crippen LogP contribution in [0.3, 0.4) is 0 Å². The average molecular weight is 476 g/mol. The van der Waals surface area contributed by atoms with Crippen molar-refractivity contribution in [3.8, 4) is 34.5 Å². The molecule has 10 nitrogen and oxygen atoms in total. The van der Waals surface area contributed by atoms with Gasteiger partial charge in [-0.3, -0.25) is 0 Å². The Hall–Kier alpha value is -2.25. The van der Waals surface area contributed by atoms with Crippen LogP contribution in [0.2, 0.25) is 0 Å². The predicted molar refractivity (Wildman–Crippen MR) is 77.3 cm³/mol. The first-order valence-corrected chi connectivity index (χ1v) is 5.97. The number of phenolic OH excluding ortho intramolecular Hbond substituents is 6. The van der Waals surface area contributed by atoms with Crippen LogP contribution in [-0.2, 0) is 0 Å². The van der Waals surface area contributed by atoms with E-state index in [4.69, 9.17) is 30.6 Å². The summed E-state index contributed by atoms with van der Waals surface area (Å²) in [5.41, 5.74) is -0.800. The first kappa shape index (κ1) is 22.8. The Labute approximate surface area is 179 Å². The van der Waals surface area contributed by atoms with Crippen molar-refractivity contribution in [1.29, 1.82) is 0 Å². The topological polar surface area (TPSA) is 202 Å². The van der Waals surface area contributed by atoms with Gasteiger partial charge in [0.15, 0.2) is 34.5 Å². The number of hydrogen-bond acceptors (Lipinski definition) is 10. The van der Waals surface area contributed by atoms with Crippen molar-refractivity contribution in [3.05, 3.63) is 35.4 Å². The molecule has 0 radical (unpaired) electrons. The minimum absolute atomic E-state index is 0. The summed E-state index contributed by atoms with van der Waals surface area (Å²) < 4.78 is 0. The fraction of sp³-hybridized carbons (Fsp3) is 0. The first-order valence-electron chi connectivity index (χ1n) is 5.97. The minimum Gasteiger partial charge on any atom is -0.545 e. The maximum atomic E-state index is 10.2. The first-order chi connectivity index (χ1) is 11.0. The van der Waals surface area contributed by atoms with E-state index < -0.39 is 57.6 Å². The van der Waals surface area contributed by atoms with E-state index in [0.717, 1.165) is 24.3 Å². The van der Waals surface area contributed by atoms with Crippen molar-refractivity contribution in [3.63, 3.8) is 0 Å². The zero-order valence-electron chi connectivity index (χ0n) is 12.3. The van der Waals surface area contributed by atoms with Gasteiger partial charge >= 0.3 is 48.9 Å². The number of aromatic carboxylic acids is 2. The van der Waals surface area contributed by atoms with Crippen molar-refractivity contribution in [2.24, 2.45) is 0 Å². The summed E-state index contributed by atoms with van der Waals surface area (Å²) in [5, 5.41) is 73.3. The van der Waals surface area contributed by atoms with Gasteiger partial charge in [-0.2, -0.15) is 0 Å². The van der Waals surface area contributed by atoms with Gasteiger partial charge in [0.05, 0.1) is 11.9 Å². The zero-order valence-corrected chi connectivity index (χ0v) is 16.8. The molecule has 128 valence electrons. The minimum atomic E-state index is -1.54. The molecular formula is C14H10BaO10. The second kappa shape index (κ2) is 9.29. The maximum absolute atomic E-state index is 10.2. The molecular weight excluding hydrogens is 465 g/mol. The quantitative estimate of drug-likeness (QED) is 0.207. The Morgan fingerprint density at radius 2 is 0.800 bits per heavy atom. The summed E-state index contributed by atoms with van der Waals surface area (Å²) in [6, 6.07) is 3.13. The summed E-state index contributed by atoms with van der Waals surface area (Å²) in [7, 11) is 0. The SMILES string of the molecule is O=C([O-])c1cc(O)c(O)c(O)c1.O=C([O-])c1cc(O)c(O)c(O)c1.[Ba+2].